The van der Waals surface area contributed by atoms with E-state index in [0.29, 0.717) is 29.9 Å². The van der Waals surface area contributed by atoms with E-state index in [1.54, 1.807) is 0 Å². The minimum absolute atomic E-state index is 0.0931. The lowest BCUT2D eigenvalue weighted by Crippen LogP contribution is -2.50. The summed E-state index contributed by atoms with van der Waals surface area (Å²) in [6, 6.07) is 2.42. The van der Waals surface area contributed by atoms with E-state index in [2.05, 4.69) is 40.0 Å². The number of rotatable bonds is 7. The average molecular weight is 345 g/mol. The van der Waals surface area contributed by atoms with E-state index in [0.717, 1.165) is 51.9 Å². The van der Waals surface area contributed by atoms with Gasteiger partial charge in [-0.25, -0.2) is 4.98 Å². The summed E-state index contributed by atoms with van der Waals surface area (Å²) in [5, 5.41) is 12.4. The Morgan fingerprint density at radius 1 is 1.32 bits per heavy atom. The number of nitrogens with zero attached hydrogens (tertiary/aromatic N) is 4. The van der Waals surface area contributed by atoms with Crippen LogP contribution in [0.4, 0.5) is 5.88 Å². The number of nitrogens with one attached hydrogen (secondary N) is 1. The molecule has 25 heavy (non-hydrogen) atoms. The van der Waals surface area contributed by atoms with Crippen molar-refractivity contribution in [3.63, 3.8) is 0 Å². The lowest BCUT2D eigenvalue weighted by Gasteiger charge is -2.34. The van der Waals surface area contributed by atoms with Gasteiger partial charge in [-0.15, -0.1) is 0 Å². The predicted molar refractivity (Wildman–Crippen MR) is 94.4 cm³/mol. The summed E-state index contributed by atoms with van der Waals surface area (Å²) in [5.74, 6) is 1.80. The first-order chi connectivity index (χ1) is 12.1. The lowest BCUT2D eigenvalue weighted by molar-refractivity contribution is -0.123. The van der Waals surface area contributed by atoms with Crippen LogP contribution in [-0.4, -0.2) is 54.6 Å². The third kappa shape index (κ3) is 4.31. The van der Waals surface area contributed by atoms with Crippen molar-refractivity contribution in [2.75, 3.05) is 37.6 Å². The van der Waals surface area contributed by atoms with E-state index in [1.165, 1.54) is 0 Å². The number of carbonyl (C=O) groups excluding carboxylic acids is 1. The predicted octanol–water partition coefficient (Wildman–Crippen LogP) is 1.85. The van der Waals surface area contributed by atoms with Gasteiger partial charge in [-0.2, -0.15) is 5.26 Å². The molecule has 0 radical (unpaired) electrons. The van der Waals surface area contributed by atoms with Crippen molar-refractivity contribution >= 4 is 11.8 Å². The van der Waals surface area contributed by atoms with Crippen LogP contribution in [-0.2, 0) is 4.79 Å². The molecule has 136 valence electrons. The third-order valence-corrected chi connectivity index (χ3v) is 5.04. The van der Waals surface area contributed by atoms with Gasteiger partial charge in [-0.3, -0.25) is 9.69 Å². The monoisotopic (exact) mass is 345 g/mol. The van der Waals surface area contributed by atoms with E-state index in [1.807, 2.05) is 0 Å². The van der Waals surface area contributed by atoms with Crippen LogP contribution < -0.4 is 10.2 Å². The normalized spacial score (nSPS) is 18.4. The molecule has 2 aliphatic rings. The van der Waals surface area contributed by atoms with Gasteiger partial charge in [0.2, 0.25) is 23.4 Å². The quantitative estimate of drug-likeness (QED) is 0.812. The molecule has 7 nitrogen and oxygen atoms in total. The van der Waals surface area contributed by atoms with Gasteiger partial charge in [-0.1, -0.05) is 13.8 Å². The van der Waals surface area contributed by atoms with Gasteiger partial charge < -0.3 is 14.6 Å². The van der Waals surface area contributed by atoms with Crippen molar-refractivity contribution in [1.82, 2.24) is 15.2 Å². The van der Waals surface area contributed by atoms with Gasteiger partial charge in [-0.05, 0) is 25.7 Å². The first-order valence-corrected chi connectivity index (χ1v) is 9.32. The second-order valence-corrected chi connectivity index (χ2v) is 6.94. The van der Waals surface area contributed by atoms with E-state index >= 15 is 0 Å². The molecule has 0 aromatic carbocycles. The number of anilines is 1. The molecule has 0 spiro atoms. The Hall–Kier alpha value is -2.07. The number of piperazine rings is 1. The van der Waals surface area contributed by atoms with E-state index in [-0.39, 0.29) is 11.9 Å². The fraction of sp³-hybridized carbons (Fsp3) is 0.722. The highest BCUT2D eigenvalue weighted by Crippen LogP contribution is 2.41. The molecule has 0 unspecified atom stereocenters. The molecule has 1 saturated carbocycles. The first-order valence-electron chi connectivity index (χ1n) is 9.32. The van der Waals surface area contributed by atoms with Crippen LogP contribution in [0.25, 0.3) is 0 Å². The molecule has 2 heterocycles. The second-order valence-electron chi connectivity index (χ2n) is 6.94. The smallest absolute Gasteiger partial charge is 0.234 e. The van der Waals surface area contributed by atoms with Crippen molar-refractivity contribution in [3.05, 3.63) is 11.6 Å². The van der Waals surface area contributed by atoms with E-state index in [4.69, 9.17) is 4.42 Å². The van der Waals surface area contributed by atoms with Crippen LogP contribution >= 0.6 is 0 Å². The molecule has 1 aromatic rings. The number of aromatic nitrogens is 1. The molecule has 1 aromatic heterocycles. The average Bonchev–Trinajstić information content (AvgIpc) is 3.39. The third-order valence-electron chi connectivity index (χ3n) is 5.04. The number of nitriles is 1. The number of oxazole rings is 1. The summed E-state index contributed by atoms with van der Waals surface area (Å²) in [7, 11) is 0. The fourth-order valence-corrected chi connectivity index (χ4v) is 3.20. The lowest BCUT2D eigenvalue weighted by atomic mass is 10.2. The first kappa shape index (κ1) is 17.7. The SMILES string of the molecule is CCC(CC)NC(=O)CN1CCN(c2oc(C3CC3)nc2C#N)CC1. The molecule has 1 aliphatic carbocycles. The van der Waals surface area contributed by atoms with Crippen molar-refractivity contribution in [3.8, 4) is 6.07 Å². The van der Waals surface area contributed by atoms with Crippen LogP contribution in [0.2, 0.25) is 0 Å². The van der Waals surface area contributed by atoms with Gasteiger partial charge in [0, 0.05) is 38.1 Å². The molecule has 1 amide bonds. The van der Waals surface area contributed by atoms with Crippen LogP contribution in [0.1, 0.15) is 57.0 Å². The van der Waals surface area contributed by atoms with E-state index < -0.39 is 0 Å². The van der Waals surface area contributed by atoms with E-state index in [9.17, 15) is 10.1 Å². The highest BCUT2D eigenvalue weighted by Gasteiger charge is 2.32. The van der Waals surface area contributed by atoms with Crippen molar-refractivity contribution in [1.29, 1.82) is 5.26 Å². The highest BCUT2D eigenvalue weighted by atomic mass is 16.4. The Morgan fingerprint density at radius 3 is 2.56 bits per heavy atom. The zero-order valence-electron chi connectivity index (χ0n) is 15.1. The molecular formula is C18H27N5O2. The largest absolute Gasteiger partial charge is 0.423 e. The highest BCUT2D eigenvalue weighted by molar-refractivity contribution is 5.78. The minimum atomic E-state index is 0.0931. The molecule has 0 bridgehead atoms. The number of hydrogen-bond acceptors (Lipinski definition) is 6. The zero-order chi connectivity index (χ0) is 17.8. The van der Waals surface area contributed by atoms with Crippen LogP contribution in [0, 0.1) is 11.3 Å². The Balaban J connectivity index is 1.52. The van der Waals surface area contributed by atoms with Gasteiger partial charge >= 0.3 is 0 Å². The molecule has 7 heteroatoms. The zero-order valence-corrected chi connectivity index (χ0v) is 15.1. The van der Waals surface area contributed by atoms with Gasteiger partial charge in [0.25, 0.3) is 0 Å². The molecular weight excluding hydrogens is 318 g/mol. The summed E-state index contributed by atoms with van der Waals surface area (Å²) in [5.41, 5.74) is 0.391. The Bertz CT molecular complexity index is 634. The van der Waals surface area contributed by atoms with Gasteiger partial charge in [0.15, 0.2) is 0 Å². The Kier molecular flexibility index (Phi) is 5.59. The summed E-state index contributed by atoms with van der Waals surface area (Å²) >= 11 is 0. The van der Waals surface area contributed by atoms with Crippen molar-refractivity contribution < 1.29 is 9.21 Å². The summed E-state index contributed by atoms with van der Waals surface area (Å²) in [4.78, 5) is 20.7. The summed E-state index contributed by atoms with van der Waals surface area (Å²) in [6.07, 6.45) is 4.12. The van der Waals surface area contributed by atoms with Gasteiger partial charge in [0.05, 0.1) is 6.54 Å². The second kappa shape index (κ2) is 7.87. The standard InChI is InChI=1S/C18H27N5O2/c1-3-14(4-2)20-16(24)12-22-7-9-23(10-8-22)18-15(11-19)21-17(25-18)13-5-6-13/h13-14H,3-10,12H2,1-2H3,(H,20,24). The van der Waals surface area contributed by atoms with Crippen LogP contribution in [0.3, 0.4) is 0 Å². The maximum absolute atomic E-state index is 12.1. The maximum Gasteiger partial charge on any atom is 0.234 e. The fourth-order valence-electron chi connectivity index (χ4n) is 3.20. The van der Waals surface area contributed by atoms with Crippen molar-refractivity contribution in [2.24, 2.45) is 0 Å². The van der Waals surface area contributed by atoms with Crippen molar-refractivity contribution in [2.45, 2.75) is 51.5 Å². The maximum atomic E-state index is 12.1. The molecule has 3 rings (SSSR count). The molecule has 1 aliphatic heterocycles. The summed E-state index contributed by atoms with van der Waals surface area (Å²) in [6.45, 7) is 7.65. The number of amides is 1. The Labute approximate surface area is 149 Å². The number of carbonyl (C=O) groups is 1. The molecule has 2 fully saturated rings. The summed E-state index contributed by atoms with van der Waals surface area (Å²) < 4.78 is 5.86. The molecule has 0 atom stereocenters. The topological polar surface area (TPSA) is 85.4 Å². The Morgan fingerprint density at radius 2 is 2.00 bits per heavy atom. The van der Waals surface area contributed by atoms with Gasteiger partial charge in [0.1, 0.15) is 6.07 Å². The number of hydrogen-bond donors (Lipinski definition) is 1. The van der Waals surface area contributed by atoms with Crippen LogP contribution in [0.5, 0.6) is 0 Å². The molecule has 1 saturated heterocycles. The van der Waals surface area contributed by atoms with Crippen LogP contribution in [0.15, 0.2) is 4.42 Å². The minimum Gasteiger partial charge on any atom is -0.423 e. The molecule has 1 N–H and O–H groups in total.